The summed E-state index contributed by atoms with van der Waals surface area (Å²) < 4.78 is 0.859. The lowest BCUT2D eigenvalue weighted by Gasteiger charge is -2.15. The summed E-state index contributed by atoms with van der Waals surface area (Å²) in [5.74, 6) is 4.77. The van der Waals surface area contributed by atoms with Gasteiger partial charge >= 0.3 is 0 Å². The molecule has 0 spiro atoms. The van der Waals surface area contributed by atoms with Crippen LogP contribution in [0.25, 0.3) is 0 Å². The molecule has 17 heavy (non-hydrogen) atoms. The van der Waals surface area contributed by atoms with Gasteiger partial charge in [0, 0.05) is 25.3 Å². The summed E-state index contributed by atoms with van der Waals surface area (Å²) in [5.41, 5.74) is 2.16. The second-order valence-corrected chi connectivity index (χ2v) is 6.45. The highest BCUT2D eigenvalue weighted by Gasteiger charge is 2.22. The molecule has 0 aromatic carbocycles. The SMILES string of the molecule is CC(Sc1nnc(N(C)C)s1)C(C)C(=O)NN. The predicted octanol–water partition coefficient (Wildman–Crippen LogP) is 0.711. The average molecular weight is 275 g/mol. The molecular weight excluding hydrogens is 258 g/mol. The largest absolute Gasteiger partial charge is 0.353 e. The third kappa shape index (κ3) is 3.83. The second kappa shape index (κ2) is 6.18. The molecule has 0 aliphatic rings. The van der Waals surface area contributed by atoms with Crippen LogP contribution in [-0.2, 0) is 4.79 Å². The van der Waals surface area contributed by atoms with Crippen LogP contribution in [0.4, 0.5) is 5.13 Å². The van der Waals surface area contributed by atoms with E-state index in [4.69, 9.17) is 5.84 Å². The van der Waals surface area contributed by atoms with E-state index in [0.717, 1.165) is 9.47 Å². The number of thioether (sulfide) groups is 1. The minimum Gasteiger partial charge on any atom is -0.353 e. The van der Waals surface area contributed by atoms with E-state index in [1.807, 2.05) is 32.8 Å². The lowest BCUT2D eigenvalue weighted by atomic mass is 10.1. The highest BCUT2D eigenvalue weighted by molar-refractivity contribution is 8.01. The average Bonchev–Trinajstić information content (AvgIpc) is 2.75. The van der Waals surface area contributed by atoms with Gasteiger partial charge in [0.05, 0.1) is 0 Å². The fraction of sp³-hybridized carbons (Fsp3) is 0.667. The van der Waals surface area contributed by atoms with Crippen molar-refractivity contribution in [3.8, 4) is 0 Å². The molecule has 1 rings (SSSR count). The Balaban J connectivity index is 2.61. The summed E-state index contributed by atoms with van der Waals surface area (Å²) in [6, 6.07) is 0. The molecule has 3 N–H and O–H groups in total. The van der Waals surface area contributed by atoms with E-state index in [-0.39, 0.29) is 17.1 Å². The Hall–Kier alpha value is -0.860. The molecule has 0 saturated carbocycles. The molecular formula is C9H17N5OS2. The number of rotatable bonds is 5. The maximum atomic E-state index is 11.4. The molecule has 0 aliphatic carbocycles. The maximum absolute atomic E-state index is 11.4. The highest BCUT2D eigenvalue weighted by atomic mass is 32.2. The molecule has 1 heterocycles. The first-order valence-electron chi connectivity index (χ1n) is 5.13. The van der Waals surface area contributed by atoms with Crippen molar-refractivity contribution in [2.45, 2.75) is 23.4 Å². The van der Waals surface area contributed by atoms with Crippen LogP contribution in [-0.4, -0.2) is 35.4 Å². The third-order valence-corrected chi connectivity index (χ3v) is 4.81. The molecule has 0 bridgehead atoms. The molecule has 8 heteroatoms. The molecule has 2 unspecified atom stereocenters. The van der Waals surface area contributed by atoms with Gasteiger partial charge in [0.1, 0.15) is 0 Å². The first kappa shape index (κ1) is 14.2. The van der Waals surface area contributed by atoms with Gasteiger partial charge < -0.3 is 4.90 Å². The van der Waals surface area contributed by atoms with Gasteiger partial charge in [-0.15, -0.1) is 10.2 Å². The quantitative estimate of drug-likeness (QED) is 0.356. The zero-order valence-corrected chi connectivity index (χ0v) is 11.9. The number of anilines is 1. The number of nitrogens with one attached hydrogen (secondary N) is 1. The fourth-order valence-corrected chi connectivity index (χ4v) is 3.14. The number of carbonyl (C=O) groups is 1. The van der Waals surface area contributed by atoms with Crippen LogP contribution in [0.3, 0.4) is 0 Å². The van der Waals surface area contributed by atoms with E-state index in [1.165, 1.54) is 23.1 Å². The van der Waals surface area contributed by atoms with E-state index in [9.17, 15) is 4.79 Å². The van der Waals surface area contributed by atoms with Gasteiger partial charge in [0.25, 0.3) is 0 Å². The van der Waals surface area contributed by atoms with Crippen molar-refractivity contribution < 1.29 is 4.79 Å². The Bertz CT molecular complexity index is 381. The smallest absolute Gasteiger partial charge is 0.237 e. The monoisotopic (exact) mass is 275 g/mol. The zero-order chi connectivity index (χ0) is 13.0. The zero-order valence-electron chi connectivity index (χ0n) is 10.3. The molecule has 0 aliphatic heterocycles. The van der Waals surface area contributed by atoms with Gasteiger partial charge in [0.2, 0.25) is 11.0 Å². The van der Waals surface area contributed by atoms with Crippen molar-refractivity contribution in [2.75, 3.05) is 19.0 Å². The molecule has 1 amide bonds. The molecule has 0 fully saturated rings. The van der Waals surface area contributed by atoms with Crippen molar-refractivity contribution >= 4 is 34.1 Å². The van der Waals surface area contributed by atoms with Crippen molar-refractivity contribution in [1.82, 2.24) is 15.6 Å². The summed E-state index contributed by atoms with van der Waals surface area (Å²) in [5, 5.41) is 9.07. The van der Waals surface area contributed by atoms with Crippen LogP contribution in [0, 0.1) is 5.92 Å². The maximum Gasteiger partial charge on any atom is 0.237 e. The molecule has 2 atom stereocenters. The van der Waals surface area contributed by atoms with Gasteiger partial charge in [-0.25, -0.2) is 5.84 Å². The summed E-state index contributed by atoms with van der Waals surface area (Å²) in [4.78, 5) is 13.3. The minimum atomic E-state index is -0.170. The standard InChI is InChI=1S/C9H17N5OS2/c1-5(7(15)11-10)6(2)16-9-13-12-8(17-9)14(3)4/h5-6H,10H2,1-4H3,(H,11,15). The van der Waals surface area contributed by atoms with E-state index < -0.39 is 0 Å². The summed E-state index contributed by atoms with van der Waals surface area (Å²) in [7, 11) is 3.84. The number of nitrogens with two attached hydrogens (primary N) is 1. The second-order valence-electron chi connectivity index (χ2n) is 3.87. The van der Waals surface area contributed by atoms with E-state index in [1.54, 1.807) is 0 Å². The molecule has 0 radical (unpaired) electrons. The highest BCUT2D eigenvalue weighted by Crippen LogP contribution is 2.32. The molecule has 0 saturated heterocycles. The van der Waals surface area contributed by atoms with Crippen LogP contribution in [0.15, 0.2) is 4.34 Å². The number of hydrazine groups is 1. The van der Waals surface area contributed by atoms with E-state index in [0.29, 0.717) is 0 Å². The van der Waals surface area contributed by atoms with Gasteiger partial charge in [-0.05, 0) is 0 Å². The van der Waals surface area contributed by atoms with Gasteiger partial charge in [-0.3, -0.25) is 10.2 Å². The van der Waals surface area contributed by atoms with Gasteiger partial charge in [-0.2, -0.15) is 0 Å². The van der Waals surface area contributed by atoms with Gasteiger partial charge in [-0.1, -0.05) is 36.9 Å². The summed E-state index contributed by atoms with van der Waals surface area (Å²) in [6.07, 6.45) is 0. The van der Waals surface area contributed by atoms with E-state index in [2.05, 4.69) is 15.6 Å². The Morgan fingerprint density at radius 3 is 2.59 bits per heavy atom. The van der Waals surface area contributed by atoms with Crippen LogP contribution < -0.4 is 16.2 Å². The fourth-order valence-electron chi connectivity index (χ4n) is 1.04. The minimum absolute atomic E-state index is 0.0986. The lowest BCUT2D eigenvalue weighted by Crippen LogP contribution is -2.38. The summed E-state index contributed by atoms with van der Waals surface area (Å²) in [6.45, 7) is 3.81. The topological polar surface area (TPSA) is 84.1 Å². The normalized spacial score (nSPS) is 14.2. The number of amides is 1. The Morgan fingerprint density at radius 2 is 2.12 bits per heavy atom. The number of carbonyl (C=O) groups excluding carboxylic acids is 1. The van der Waals surface area contributed by atoms with Crippen molar-refractivity contribution in [3.63, 3.8) is 0 Å². The molecule has 6 nitrogen and oxygen atoms in total. The lowest BCUT2D eigenvalue weighted by molar-refractivity contribution is -0.124. The number of hydrogen-bond acceptors (Lipinski definition) is 7. The van der Waals surface area contributed by atoms with Crippen molar-refractivity contribution in [3.05, 3.63) is 0 Å². The number of nitrogens with zero attached hydrogens (tertiary/aromatic N) is 3. The van der Waals surface area contributed by atoms with E-state index >= 15 is 0 Å². The van der Waals surface area contributed by atoms with Crippen molar-refractivity contribution in [2.24, 2.45) is 11.8 Å². The Kier molecular flexibility index (Phi) is 5.16. The molecule has 1 aromatic heterocycles. The third-order valence-electron chi connectivity index (χ3n) is 2.33. The van der Waals surface area contributed by atoms with Crippen molar-refractivity contribution in [1.29, 1.82) is 0 Å². The number of aromatic nitrogens is 2. The van der Waals surface area contributed by atoms with Crippen LogP contribution in [0.2, 0.25) is 0 Å². The van der Waals surface area contributed by atoms with Crippen LogP contribution in [0.5, 0.6) is 0 Å². The van der Waals surface area contributed by atoms with Crippen LogP contribution in [0.1, 0.15) is 13.8 Å². The first-order valence-corrected chi connectivity index (χ1v) is 6.83. The molecule has 96 valence electrons. The Labute approximate surface area is 109 Å². The number of hydrogen-bond donors (Lipinski definition) is 2. The van der Waals surface area contributed by atoms with Crippen LogP contribution >= 0.6 is 23.1 Å². The summed E-state index contributed by atoms with van der Waals surface area (Å²) >= 11 is 3.05. The molecule has 1 aromatic rings. The predicted molar refractivity (Wildman–Crippen MR) is 71.0 cm³/mol. The first-order chi connectivity index (χ1) is 7.95. The Morgan fingerprint density at radius 1 is 1.47 bits per heavy atom. The van der Waals surface area contributed by atoms with Gasteiger partial charge in [0.15, 0.2) is 4.34 Å².